The summed E-state index contributed by atoms with van der Waals surface area (Å²) in [5, 5.41) is 9.89. The van der Waals surface area contributed by atoms with E-state index in [1.165, 1.54) is 24.3 Å². The van der Waals surface area contributed by atoms with Gasteiger partial charge in [0.1, 0.15) is 17.4 Å². The van der Waals surface area contributed by atoms with E-state index in [4.69, 9.17) is 25.9 Å². The first-order chi connectivity index (χ1) is 23.9. The molecule has 0 saturated carbocycles. The molecule has 0 fully saturated rings. The number of amides is 3. The van der Waals surface area contributed by atoms with Crippen molar-refractivity contribution in [1.82, 2.24) is 16.1 Å². The number of nitrogens with one attached hydrogen (secondary N) is 3. The molecule has 0 unspecified atom stereocenters. The SMILES string of the molecule is CC(C)(C)Oc1ccc(C[C@H](NC(=O)OCCc2c3ccccc3cc3ccccc23)C(=O)NCC(=O)NOC(=O)c2ccc(Cl)cc2)cc1. The Morgan fingerprint density at radius 2 is 1.42 bits per heavy atom. The van der Waals surface area contributed by atoms with Crippen LogP contribution in [-0.4, -0.2) is 48.7 Å². The number of ether oxygens (including phenoxy) is 2. The van der Waals surface area contributed by atoms with Crippen LogP contribution in [0.2, 0.25) is 5.02 Å². The van der Waals surface area contributed by atoms with E-state index in [2.05, 4.69) is 16.7 Å². The molecule has 0 heterocycles. The van der Waals surface area contributed by atoms with Crippen LogP contribution in [0.1, 0.15) is 42.3 Å². The number of carbonyl (C=O) groups is 4. The van der Waals surface area contributed by atoms with Crippen molar-refractivity contribution in [2.24, 2.45) is 0 Å². The number of fused-ring (bicyclic) bond motifs is 2. The monoisotopic (exact) mass is 695 g/mol. The fourth-order valence-electron chi connectivity index (χ4n) is 5.37. The number of halogens is 1. The van der Waals surface area contributed by atoms with Gasteiger partial charge in [-0.1, -0.05) is 72.3 Å². The molecule has 0 spiro atoms. The van der Waals surface area contributed by atoms with Gasteiger partial charge in [-0.05, 0) is 95.9 Å². The van der Waals surface area contributed by atoms with Crippen molar-refractivity contribution in [2.45, 2.75) is 45.3 Å². The van der Waals surface area contributed by atoms with Gasteiger partial charge in [0.2, 0.25) is 5.91 Å². The van der Waals surface area contributed by atoms with Crippen molar-refractivity contribution in [3.63, 3.8) is 0 Å². The zero-order chi connectivity index (χ0) is 35.7. The Labute approximate surface area is 295 Å². The standard InChI is InChI=1S/C39H38ClN3O7/c1-39(2,3)49-30-18-12-25(13-19-30)22-34(36(45)41-24-35(44)43-50-37(46)26-14-16-29(40)17-15-26)42-38(47)48-21-20-33-31-10-6-4-8-27(31)23-28-9-5-7-11-32(28)33/h4-19,23,34H,20-22,24H2,1-3H3,(H,41,45)(H,42,47)(H,43,44)/t34-/m0/s1. The van der Waals surface area contributed by atoms with Crippen molar-refractivity contribution in [3.05, 3.63) is 125 Å². The van der Waals surface area contributed by atoms with Crippen molar-refractivity contribution in [1.29, 1.82) is 0 Å². The molecular weight excluding hydrogens is 658 g/mol. The van der Waals surface area contributed by atoms with Crippen molar-refractivity contribution < 1.29 is 33.5 Å². The van der Waals surface area contributed by atoms with Gasteiger partial charge in [-0.2, -0.15) is 5.48 Å². The van der Waals surface area contributed by atoms with Crippen LogP contribution in [0.25, 0.3) is 21.5 Å². The molecule has 50 heavy (non-hydrogen) atoms. The Morgan fingerprint density at radius 3 is 2.04 bits per heavy atom. The smallest absolute Gasteiger partial charge is 0.407 e. The summed E-state index contributed by atoms with van der Waals surface area (Å²) in [4.78, 5) is 55.8. The summed E-state index contributed by atoms with van der Waals surface area (Å²) in [5.74, 6) is -1.58. The molecule has 0 aliphatic heterocycles. The van der Waals surface area contributed by atoms with Crippen LogP contribution < -0.4 is 20.9 Å². The van der Waals surface area contributed by atoms with Crippen LogP contribution in [0.3, 0.4) is 0 Å². The molecular formula is C39H38ClN3O7. The van der Waals surface area contributed by atoms with Crippen LogP contribution in [0, 0.1) is 0 Å². The molecule has 0 saturated heterocycles. The number of alkyl carbamates (subject to hydrolysis) is 1. The number of benzene rings is 5. The van der Waals surface area contributed by atoms with Gasteiger partial charge < -0.3 is 24.9 Å². The molecule has 3 amide bonds. The normalized spacial score (nSPS) is 11.8. The van der Waals surface area contributed by atoms with E-state index in [9.17, 15) is 19.2 Å². The maximum atomic E-state index is 13.3. The van der Waals surface area contributed by atoms with Gasteiger partial charge in [0.05, 0.1) is 18.7 Å². The summed E-state index contributed by atoms with van der Waals surface area (Å²) < 4.78 is 11.5. The Balaban J connectivity index is 1.22. The minimum Gasteiger partial charge on any atom is -0.488 e. The second-order valence-corrected chi connectivity index (χ2v) is 13.0. The van der Waals surface area contributed by atoms with Gasteiger partial charge in [0.25, 0.3) is 5.91 Å². The zero-order valence-electron chi connectivity index (χ0n) is 28.0. The molecule has 0 aliphatic carbocycles. The first-order valence-electron chi connectivity index (χ1n) is 16.1. The van der Waals surface area contributed by atoms with E-state index >= 15 is 0 Å². The highest BCUT2D eigenvalue weighted by Crippen LogP contribution is 2.29. The molecule has 0 bridgehead atoms. The Morgan fingerprint density at radius 1 is 0.800 bits per heavy atom. The highest BCUT2D eigenvalue weighted by atomic mass is 35.5. The number of hydroxylamine groups is 1. The largest absolute Gasteiger partial charge is 0.488 e. The predicted molar refractivity (Wildman–Crippen MR) is 192 cm³/mol. The fraction of sp³-hybridized carbons (Fsp3) is 0.231. The van der Waals surface area contributed by atoms with Crippen molar-refractivity contribution >= 4 is 57.0 Å². The number of hydrogen-bond donors (Lipinski definition) is 3. The van der Waals surface area contributed by atoms with Gasteiger partial charge in [-0.25, -0.2) is 9.59 Å². The van der Waals surface area contributed by atoms with E-state index in [1.54, 1.807) is 24.3 Å². The maximum Gasteiger partial charge on any atom is 0.407 e. The molecule has 5 rings (SSSR count). The summed E-state index contributed by atoms with van der Waals surface area (Å²) in [6, 6.07) is 30.2. The average molecular weight is 696 g/mol. The molecule has 258 valence electrons. The van der Waals surface area contributed by atoms with Crippen LogP contribution in [0.15, 0.2) is 103 Å². The molecule has 3 N–H and O–H groups in total. The highest BCUT2D eigenvalue weighted by molar-refractivity contribution is 6.30. The van der Waals surface area contributed by atoms with E-state index in [0.29, 0.717) is 17.2 Å². The lowest BCUT2D eigenvalue weighted by Crippen LogP contribution is -2.50. The van der Waals surface area contributed by atoms with Gasteiger partial charge in [0.15, 0.2) is 0 Å². The highest BCUT2D eigenvalue weighted by Gasteiger charge is 2.23. The number of carbonyl (C=O) groups excluding carboxylic acids is 4. The minimum absolute atomic E-state index is 0.0679. The lowest BCUT2D eigenvalue weighted by molar-refractivity contribution is -0.132. The molecule has 0 aromatic heterocycles. The van der Waals surface area contributed by atoms with Gasteiger partial charge in [0, 0.05) is 17.9 Å². The molecule has 5 aromatic rings. The molecule has 0 aliphatic rings. The van der Waals surface area contributed by atoms with Crippen molar-refractivity contribution in [3.8, 4) is 5.75 Å². The third-order valence-electron chi connectivity index (χ3n) is 7.62. The topological polar surface area (TPSA) is 132 Å². The summed E-state index contributed by atoms with van der Waals surface area (Å²) >= 11 is 5.84. The third-order valence-corrected chi connectivity index (χ3v) is 7.88. The first kappa shape index (κ1) is 35.7. The van der Waals surface area contributed by atoms with Gasteiger partial charge in [-0.3, -0.25) is 9.59 Å². The van der Waals surface area contributed by atoms with Gasteiger partial charge in [-0.15, -0.1) is 0 Å². The van der Waals surface area contributed by atoms with E-state index in [0.717, 1.165) is 32.7 Å². The number of hydrogen-bond acceptors (Lipinski definition) is 7. The van der Waals surface area contributed by atoms with Gasteiger partial charge >= 0.3 is 12.1 Å². The minimum atomic E-state index is -1.10. The molecule has 0 radical (unpaired) electrons. The number of rotatable bonds is 11. The second-order valence-electron chi connectivity index (χ2n) is 12.6. The summed E-state index contributed by atoms with van der Waals surface area (Å²) in [7, 11) is 0. The third kappa shape index (κ3) is 9.96. The average Bonchev–Trinajstić information content (AvgIpc) is 3.09. The Hall–Kier alpha value is -5.61. The Kier molecular flexibility index (Phi) is 11.6. The summed E-state index contributed by atoms with van der Waals surface area (Å²) in [6.07, 6.45) is -0.238. The van der Waals surface area contributed by atoms with E-state index < -0.39 is 42.1 Å². The van der Waals surface area contributed by atoms with Crippen molar-refractivity contribution in [2.75, 3.05) is 13.2 Å². The molecule has 5 aromatic carbocycles. The first-order valence-corrected chi connectivity index (χ1v) is 16.5. The van der Waals surface area contributed by atoms with Crippen LogP contribution in [-0.2, 0) is 32.0 Å². The lowest BCUT2D eigenvalue weighted by Gasteiger charge is -2.22. The predicted octanol–water partition coefficient (Wildman–Crippen LogP) is 6.71. The maximum absolute atomic E-state index is 13.3. The molecule has 10 nitrogen and oxygen atoms in total. The van der Waals surface area contributed by atoms with Crippen LogP contribution in [0.4, 0.5) is 4.79 Å². The van der Waals surface area contributed by atoms with E-state index in [-0.39, 0.29) is 18.6 Å². The molecule has 11 heteroatoms. The summed E-state index contributed by atoms with van der Waals surface area (Å²) in [5.41, 5.74) is 3.58. The van der Waals surface area contributed by atoms with E-state index in [1.807, 2.05) is 74.8 Å². The van der Waals surface area contributed by atoms with Crippen LogP contribution >= 0.6 is 11.6 Å². The van der Waals surface area contributed by atoms with Crippen LogP contribution in [0.5, 0.6) is 5.75 Å². The zero-order valence-corrected chi connectivity index (χ0v) is 28.7. The quantitative estimate of drug-likeness (QED) is 0.103. The summed E-state index contributed by atoms with van der Waals surface area (Å²) in [6.45, 7) is 5.36. The second kappa shape index (κ2) is 16.2. The Bertz CT molecular complexity index is 1940. The lowest BCUT2D eigenvalue weighted by atomic mass is 9.95. The fourth-order valence-corrected chi connectivity index (χ4v) is 5.50. The molecule has 1 atom stereocenters.